The lowest BCUT2D eigenvalue weighted by Gasteiger charge is -2.38. The summed E-state index contributed by atoms with van der Waals surface area (Å²) in [7, 11) is 0. The average molecular weight is 495 g/mol. The fraction of sp³-hybridized carbons (Fsp3) is 0.194. The minimum absolute atomic E-state index is 0.0149. The van der Waals surface area contributed by atoms with Gasteiger partial charge in [-0.15, -0.1) is 0 Å². The molecule has 1 aliphatic carbocycles. The first-order valence-corrected chi connectivity index (χ1v) is 12.8. The Labute approximate surface area is 215 Å². The van der Waals surface area contributed by atoms with Crippen molar-refractivity contribution in [3.63, 3.8) is 0 Å². The highest BCUT2D eigenvalue weighted by molar-refractivity contribution is 6.37. The molecule has 1 heterocycles. The smallest absolute Gasteiger partial charge is 0.170 e. The second-order valence-electron chi connectivity index (χ2n) is 9.38. The van der Waals surface area contributed by atoms with Gasteiger partial charge in [0.05, 0.1) is 16.1 Å². The van der Waals surface area contributed by atoms with Gasteiger partial charge in [0.25, 0.3) is 0 Å². The molecule has 180 valence electrons. The molecule has 6 rings (SSSR count). The zero-order chi connectivity index (χ0) is 24.5. The molecule has 1 aromatic heterocycles. The van der Waals surface area contributed by atoms with E-state index in [2.05, 4.69) is 83.3 Å². The second kappa shape index (κ2) is 9.45. The normalized spacial score (nSPS) is 13.7. The molecule has 0 bridgehead atoms. The summed E-state index contributed by atoms with van der Waals surface area (Å²) in [6.45, 7) is -0.0149. The molecular weight excluding hydrogens is 468 g/mol. The Hall–Kier alpha value is -3.60. The Morgan fingerprint density at radius 3 is 1.86 bits per heavy atom. The van der Waals surface area contributed by atoms with Gasteiger partial charge in [0, 0.05) is 24.3 Å². The molecule has 0 radical (unpaired) electrons. The molecule has 5 heteroatoms. The van der Waals surface area contributed by atoms with Crippen molar-refractivity contribution in [2.75, 3.05) is 11.9 Å². The van der Waals surface area contributed by atoms with Crippen molar-refractivity contribution in [1.29, 1.82) is 0 Å². The van der Waals surface area contributed by atoms with E-state index in [0.29, 0.717) is 22.9 Å². The Kier molecular flexibility index (Phi) is 6.00. The molecule has 0 amide bonds. The SMILES string of the molecule is OCCc1c(NC(c2ccccc2)(c2ccccc2)c2ccccc2)cc2onc(C3CC3)c2c1Cl. The lowest BCUT2D eigenvalue weighted by Crippen LogP contribution is -2.38. The minimum Gasteiger partial charge on any atom is -0.396 e. The van der Waals surface area contributed by atoms with Crippen LogP contribution in [0, 0.1) is 0 Å². The average Bonchev–Trinajstić information content (AvgIpc) is 3.69. The van der Waals surface area contributed by atoms with E-state index in [9.17, 15) is 5.11 Å². The van der Waals surface area contributed by atoms with Crippen LogP contribution in [0.5, 0.6) is 0 Å². The third kappa shape index (κ3) is 3.87. The first kappa shape index (κ1) is 22.8. The van der Waals surface area contributed by atoms with Crippen molar-refractivity contribution in [3.8, 4) is 0 Å². The van der Waals surface area contributed by atoms with E-state index in [-0.39, 0.29) is 6.61 Å². The molecule has 1 saturated carbocycles. The molecule has 0 unspecified atom stereocenters. The number of hydrogen-bond donors (Lipinski definition) is 2. The van der Waals surface area contributed by atoms with Crippen molar-refractivity contribution < 1.29 is 9.63 Å². The van der Waals surface area contributed by atoms with Gasteiger partial charge in [-0.1, -0.05) is 108 Å². The van der Waals surface area contributed by atoms with Crippen LogP contribution in [-0.4, -0.2) is 16.9 Å². The quantitative estimate of drug-likeness (QED) is 0.222. The van der Waals surface area contributed by atoms with Gasteiger partial charge in [-0.05, 0) is 41.5 Å². The zero-order valence-electron chi connectivity index (χ0n) is 19.8. The van der Waals surface area contributed by atoms with Crippen molar-refractivity contribution in [2.45, 2.75) is 30.7 Å². The maximum Gasteiger partial charge on any atom is 0.170 e. The van der Waals surface area contributed by atoms with Gasteiger partial charge >= 0.3 is 0 Å². The fourth-order valence-corrected chi connectivity index (χ4v) is 5.59. The number of rotatable bonds is 8. The highest BCUT2D eigenvalue weighted by Gasteiger charge is 2.38. The third-order valence-corrected chi connectivity index (χ3v) is 7.52. The molecule has 0 atom stereocenters. The van der Waals surface area contributed by atoms with Gasteiger partial charge in [-0.25, -0.2) is 0 Å². The van der Waals surface area contributed by atoms with Crippen molar-refractivity contribution in [3.05, 3.63) is 130 Å². The van der Waals surface area contributed by atoms with E-state index < -0.39 is 5.54 Å². The molecule has 5 aromatic rings. The summed E-state index contributed by atoms with van der Waals surface area (Å²) in [5.74, 6) is 0.404. The zero-order valence-corrected chi connectivity index (χ0v) is 20.6. The number of halogens is 1. The van der Waals surface area contributed by atoms with Crippen LogP contribution < -0.4 is 5.32 Å². The van der Waals surface area contributed by atoms with Crippen LogP contribution >= 0.6 is 11.6 Å². The van der Waals surface area contributed by atoms with E-state index in [4.69, 9.17) is 16.1 Å². The lowest BCUT2D eigenvalue weighted by atomic mass is 9.76. The highest BCUT2D eigenvalue weighted by atomic mass is 35.5. The lowest BCUT2D eigenvalue weighted by molar-refractivity contribution is 0.300. The molecule has 4 aromatic carbocycles. The van der Waals surface area contributed by atoms with Gasteiger partial charge in [0.1, 0.15) is 5.54 Å². The Morgan fingerprint density at radius 2 is 1.39 bits per heavy atom. The second-order valence-corrected chi connectivity index (χ2v) is 9.76. The van der Waals surface area contributed by atoms with Crippen LogP contribution in [0.4, 0.5) is 5.69 Å². The Balaban J connectivity index is 1.62. The summed E-state index contributed by atoms with van der Waals surface area (Å²) in [6.07, 6.45) is 2.62. The molecule has 1 fully saturated rings. The van der Waals surface area contributed by atoms with Gasteiger partial charge in [-0.2, -0.15) is 0 Å². The van der Waals surface area contributed by atoms with E-state index in [0.717, 1.165) is 51.9 Å². The Morgan fingerprint density at radius 1 is 0.861 bits per heavy atom. The number of aliphatic hydroxyl groups is 1. The predicted octanol–water partition coefficient (Wildman–Crippen LogP) is 7.30. The first-order valence-electron chi connectivity index (χ1n) is 12.4. The van der Waals surface area contributed by atoms with Crippen LogP contribution in [-0.2, 0) is 12.0 Å². The van der Waals surface area contributed by atoms with Crippen LogP contribution in [0.1, 0.15) is 46.7 Å². The summed E-state index contributed by atoms with van der Waals surface area (Å²) in [6, 6.07) is 33.2. The summed E-state index contributed by atoms with van der Waals surface area (Å²) >= 11 is 7.06. The van der Waals surface area contributed by atoms with Crippen molar-refractivity contribution in [2.24, 2.45) is 0 Å². The summed E-state index contributed by atoms with van der Waals surface area (Å²) in [4.78, 5) is 0. The number of nitrogens with zero attached hydrogens (tertiary/aromatic N) is 1. The highest BCUT2D eigenvalue weighted by Crippen LogP contribution is 2.48. The van der Waals surface area contributed by atoms with E-state index in [1.807, 2.05) is 24.3 Å². The molecule has 36 heavy (non-hydrogen) atoms. The largest absolute Gasteiger partial charge is 0.396 e. The number of fused-ring (bicyclic) bond motifs is 1. The molecule has 2 N–H and O–H groups in total. The van der Waals surface area contributed by atoms with Crippen LogP contribution in [0.3, 0.4) is 0 Å². The predicted molar refractivity (Wildman–Crippen MR) is 145 cm³/mol. The van der Waals surface area contributed by atoms with Crippen LogP contribution in [0.25, 0.3) is 11.0 Å². The minimum atomic E-state index is -0.718. The number of aliphatic hydroxyl groups excluding tert-OH is 1. The van der Waals surface area contributed by atoms with Crippen molar-refractivity contribution in [1.82, 2.24) is 5.16 Å². The van der Waals surface area contributed by atoms with E-state index in [1.54, 1.807) is 0 Å². The maximum absolute atomic E-state index is 10.0. The van der Waals surface area contributed by atoms with Gasteiger partial charge in [-0.3, -0.25) is 0 Å². The van der Waals surface area contributed by atoms with Crippen LogP contribution in [0.15, 0.2) is 102 Å². The van der Waals surface area contributed by atoms with Gasteiger partial charge in [0.2, 0.25) is 0 Å². The van der Waals surface area contributed by atoms with E-state index >= 15 is 0 Å². The topological polar surface area (TPSA) is 58.3 Å². The number of aromatic nitrogens is 1. The monoisotopic (exact) mass is 494 g/mol. The molecule has 0 spiro atoms. The fourth-order valence-electron chi connectivity index (χ4n) is 5.21. The molecule has 1 aliphatic rings. The maximum atomic E-state index is 10.0. The molecule has 0 saturated heterocycles. The number of benzene rings is 4. The molecular formula is C31H27ClN2O2. The van der Waals surface area contributed by atoms with Crippen LogP contribution in [0.2, 0.25) is 5.02 Å². The summed E-state index contributed by atoms with van der Waals surface area (Å²) in [5.41, 5.74) is 5.82. The number of nitrogens with one attached hydrogen (secondary N) is 1. The Bertz CT molecular complexity index is 1380. The molecule has 4 nitrogen and oxygen atoms in total. The number of hydrogen-bond acceptors (Lipinski definition) is 4. The third-order valence-electron chi connectivity index (χ3n) is 7.10. The summed E-state index contributed by atoms with van der Waals surface area (Å²) in [5, 5.41) is 19.8. The first-order chi connectivity index (χ1) is 17.7. The van der Waals surface area contributed by atoms with E-state index in [1.165, 1.54) is 0 Å². The standard InChI is InChI=1S/C31H27ClN2O2/c32-29-25(18-19-35)26(20-27-28(29)30(34-36-27)21-16-17-21)33-31(22-10-4-1-5-11-22,23-12-6-2-7-13-23)24-14-8-3-9-15-24/h1-15,20-21,33,35H,16-19H2. The van der Waals surface area contributed by atoms with Gasteiger partial charge in [0.15, 0.2) is 5.58 Å². The van der Waals surface area contributed by atoms with Crippen molar-refractivity contribution >= 4 is 28.3 Å². The summed E-state index contributed by atoms with van der Waals surface area (Å²) < 4.78 is 5.80. The molecule has 0 aliphatic heterocycles. The number of anilines is 1. The van der Waals surface area contributed by atoms with Gasteiger partial charge < -0.3 is 14.9 Å².